The van der Waals surface area contributed by atoms with Gasteiger partial charge < -0.3 is 19.4 Å². The molecule has 6 heteroatoms. The molecule has 2 atom stereocenters. The van der Waals surface area contributed by atoms with Crippen LogP contribution in [0.25, 0.3) is 0 Å². The number of nitrogens with zero attached hydrogens (tertiary/aromatic N) is 2. The van der Waals surface area contributed by atoms with Crippen LogP contribution in [-0.4, -0.2) is 74.1 Å². The van der Waals surface area contributed by atoms with Crippen LogP contribution in [0.4, 0.5) is 0 Å². The minimum atomic E-state index is -0.197. The van der Waals surface area contributed by atoms with E-state index in [0.29, 0.717) is 19.6 Å². The van der Waals surface area contributed by atoms with E-state index in [0.717, 1.165) is 32.7 Å². The van der Waals surface area contributed by atoms with E-state index in [1.807, 2.05) is 17.9 Å². The summed E-state index contributed by atoms with van der Waals surface area (Å²) in [6.07, 6.45) is 0.337. The van der Waals surface area contributed by atoms with Crippen molar-refractivity contribution in [1.29, 1.82) is 0 Å². The molecule has 1 aromatic carbocycles. The summed E-state index contributed by atoms with van der Waals surface area (Å²) in [7, 11) is 1.64. The summed E-state index contributed by atoms with van der Waals surface area (Å²) in [5.74, 6) is 0.0166. The first-order valence-corrected chi connectivity index (χ1v) is 9.53. The lowest BCUT2D eigenvalue weighted by molar-refractivity contribution is -0.917. The van der Waals surface area contributed by atoms with Crippen LogP contribution in [0.3, 0.4) is 0 Å². The van der Waals surface area contributed by atoms with Crippen molar-refractivity contribution < 1.29 is 19.2 Å². The Kier molecular flexibility index (Phi) is 6.27. The summed E-state index contributed by atoms with van der Waals surface area (Å²) < 4.78 is 5.15. The molecule has 2 heterocycles. The Labute approximate surface area is 155 Å². The lowest BCUT2D eigenvalue weighted by atomic mass is 10.1. The highest BCUT2D eigenvalue weighted by molar-refractivity contribution is 5.89. The second-order valence-electron chi connectivity index (χ2n) is 7.49. The molecule has 0 spiro atoms. The topological polar surface area (TPSA) is 54.3 Å². The fraction of sp³-hybridized carbons (Fsp3) is 0.600. The fourth-order valence-electron chi connectivity index (χ4n) is 4.02. The summed E-state index contributed by atoms with van der Waals surface area (Å²) in [6, 6.07) is 10.5. The van der Waals surface area contributed by atoms with Crippen molar-refractivity contribution in [3.8, 4) is 0 Å². The Morgan fingerprint density at radius 1 is 1.27 bits per heavy atom. The van der Waals surface area contributed by atoms with E-state index in [4.69, 9.17) is 4.74 Å². The summed E-state index contributed by atoms with van der Waals surface area (Å²) in [5, 5.41) is 0. The van der Waals surface area contributed by atoms with Gasteiger partial charge in [-0.3, -0.25) is 9.59 Å². The zero-order chi connectivity index (χ0) is 18.5. The maximum Gasteiger partial charge on any atom is 0.228 e. The van der Waals surface area contributed by atoms with Gasteiger partial charge in [0, 0.05) is 25.6 Å². The van der Waals surface area contributed by atoms with Crippen LogP contribution in [0.15, 0.2) is 30.3 Å². The lowest BCUT2D eigenvalue weighted by Crippen LogP contribution is -3.13. The van der Waals surface area contributed by atoms with Crippen molar-refractivity contribution in [2.75, 3.05) is 46.4 Å². The fourth-order valence-corrected chi connectivity index (χ4v) is 4.02. The molecule has 0 bridgehead atoms. The van der Waals surface area contributed by atoms with Gasteiger partial charge in [-0.1, -0.05) is 30.3 Å². The molecule has 0 aliphatic carbocycles. The first kappa shape index (κ1) is 18.9. The Hall–Kier alpha value is -1.92. The summed E-state index contributed by atoms with van der Waals surface area (Å²) >= 11 is 0. The number of rotatable bonds is 6. The highest BCUT2D eigenvalue weighted by atomic mass is 16.5. The molecule has 1 N–H and O–H groups in total. The second-order valence-corrected chi connectivity index (χ2v) is 7.49. The van der Waals surface area contributed by atoms with Crippen LogP contribution < -0.4 is 4.90 Å². The number of carbonyl (C=O) groups is 2. The van der Waals surface area contributed by atoms with Gasteiger partial charge in [-0.15, -0.1) is 0 Å². The van der Waals surface area contributed by atoms with Crippen molar-refractivity contribution in [3.63, 3.8) is 0 Å². The highest BCUT2D eigenvalue weighted by Crippen LogP contribution is 2.22. The molecule has 2 aliphatic heterocycles. The third kappa shape index (κ3) is 4.43. The van der Waals surface area contributed by atoms with Crippen molar-refractivity contribution in [3.05, 3.63) is 35.9 Å². The van der Waals surface area contributed by atoms with Crippen LogP contribution in [0.1, 0.15) is 18.9 Å². The van der Waals surface area contributed by atoms with E-state index in [1.165, 1.54) is 10.5 Å². The van der Waals surface area contributed by atoms with E-state index in [1.54, 1.807) is 12.0 Å². The Morgan fingerprint density at radius 3 is 2.62 bits per heavy atom. The van der Waals surface area contributed by atoms with Crippen molar-refractivity contribution >= 4 is 11.8 Å². The number of piperazine rings is 1. The molecule has 0 radical (unpaired) electrons. The molecule has 0 aromatic heterocycles. The Bertz CT molecular complexity index is 614. The Balaban J connectivity index is 1.49. The monoisotopic (exact) mass is 360 g/mol. The van der Waals surface area contributed by atoms with Crippen LogP contribution in [-0.2, 0) is 20.9 Å². The number of carbonyl (C=O) groups excluding carboxylic acids is 2. The smallest absolute Gasteiger partial charge is 0.228 e. The van der Waals surface area contributed by atoms with E-state index in [2.05, 4.69) is 24.3 Å². The zero-order valence-electron chi connectivity index (χ0n) is 15.8. The number of methoxy groups -OCH3 is 1. The van der Waals surface area contributed by atoms with Gasteiger partial charge in [0.15, 0.2) is 0 Å². The van der Waals surface area contributed by atoms with Gasteiger partial charge in [-0.2, -0.15) is 0 Å². The number of hydrogen-bond acceptors (Lipinski definition) is 3. The maximum atomic E-state index is 12.8. The number of benzene rings is 1. The van der Waals surface area contributed by atoms with E-state index < -0.39 is 0 Å². The van der Waals surface area contributed by atoms with Crippen molar-refractivity contribution in [1.82, 2.24) is 9.80 Å². The van der Waals surface area contributed by atoms with Gasteiger partial charge in [0.05, 0.1) is 44.7 Å². The number of nitrogens with one attached hydrogen (secondary N) is 1. The van der Waals surface area contributed by atoms with Gasteiger partial charge in [0.25, 0.3) is 0 Å². The van der Waals surface area contributed by atoms with Gasteiger partial charge in [0.1, 0.15) is 6.54 Å². The predicted molar refractivity (Wildman–Crippen MR) is 98.6 cm³/mol. The second kappa shape index (κ2) is 8.64. The van der Waals surface area contributed by atoms with E-state index in [-0.39, 0.29) is 23.8 Å². The molecule has 26 heavy (non-hydrogen) atoms. The zero-order valence-corrected chi connectivity index (χ0v) is 15.8. The molecule has 3 rings (SSSR count). The normalized spacial score (nSPS) is 22.7. The first-order valence-electron chi connectivity index (χ1n) is 9.53. The lowest BCUT2D eigenvalue weighted by Gasteiger charge is -2.33. The maximum absolute atomic E-state index is 12.8. The molecule has 142 valence electrons. The van der Waals surface area contributed by atoms with Gasteiger partial charge in [0.2, 0.25) is 11.8 Å². The van der Waals surface area contributed by atoms with Crippen LogP contribution >= 0.6 is 0 Å². The number of ether oxygens (including phenoxy) is 1. The summed E-state index contributed by atoms with van der Waals surface area (Å²) in [4.78, 5) is 30.3. The first-order chi connectivity index (χ1) is 12.6. The molecule has 2 aliphatic rings. The minimum Gasteiger partial charge on any atom is -0.383 e. The minimum absolute atomic E-state index is 0.0254. The Morgan fingerprint density at radius 2 is 1.96 bits per heavy atom. The quantitative estimate of drug-likeness (QED) is 0.764. The predicted octanol–water partition coefficient (Wildman–Crippen LogP) is -0.203. The summed E-state index contributed by atoms with van der Waals surface area (Å²) in [5.41, 5.74) is 1.34. The largest absolute Gasteiger partial charge is 0.383 e. The molecule has 2 fully saturated rings. The molecule has 1 aromatic rings. The van der Waals surface area contributed by atoms with Crippen LogP contribution in [0.5, 0.6) is 0 Å². The summed E-state index contributed by atoms with van der Waals surface area (Å²) in [6.45, 7) is 7.50. The number of amides is 2. The standard InChI is InChI=1S/C20H29N3O3/c1-16(15-26-2)23-14-18(12-19(23)24)20(25)22-10-8-21(9-11-22)13-17-6-4-3-5-7-17/h3-7,16,18H,8-15H2,1-2H3/p+1/t16-,18-/m0/s1. The van der Waals surface area contributed by atoms with Crippen molar-refractivity contribution in [2.24, 2.45) is 5.92 Å². The van der Waals surface area contributed by atoms with Gasteiger partial charge in [-0.25, -0.2) is 0 Å². The number of hydrogen-bond donors (Lipinski definition) is 1. The van der Waals surface area contributed by atoms with Crippen LogP contribution in [0, 0.1) is 5.92 Å². The molecule has 0 saturated carbocycles. The van der Waals surface area contributed by atoms with Gasteiger partial charge >= 0.3 is 0 Å². The van der Waals surface area contributed by atoms with Crippen molar-refractivity contribution in [2.45, 2.75) is 25.9 Å². The van der Waals surface area contributed by atoms with Gasteiger partial charge in [-0.05, 0) is 6.92 Å². The third-order valence-electron chi connectivity index (χ3n) is 5.53. The molecule has 0 unspecified atom stereocenters. The third-order valence-corrected chi connectivity index (χ3v) is 5.53. The number of quaternary nitrogens is 1. The molecular weight excluding hydrogens is 330 g/mol. The van der Waals surface area contributed by atoms with E-state index in [9.17, 15) is 9.59 Å². The number of likely N-dealkylation sites (tertiary alicyclic amines) is 1. The molecule has 2 saturated heterocycles. The molecular formula is C20H30N3O3+. The van der Waals surface area contributed by atoms with Crippen LogP contribution in [0.2, 0.25) is 0 Å². The average Bonchev–Trinajstić information content (AvgIpc) is 3.05. The highest BCUT2D eigenvalue weighted by Gasteiger charge is 2.39. The molecule has 2 amide bonds. The average molecular weight is 360 g/mol. The SMILES string of the molecule is COC[C@H](C)N1C[C@@H](C(=O)N2CC[NH+](Cc3ccccc3)CC2)CC1=O. The van der Waals surface area contributed by atoms with E-state index >= 15 is 0 Å². The molecule has 6 nitrogen and oxygen atoms in total.